The van der Waals surface area contributed by atoms with E-state index < -0.39 is 36.8 Å². The van der Waals surface area contributed by atoms with Crippen LogP contribution in [0.5, 0.6) is 0 Å². The van der Waals surface area contributed by atoms with Gasteiger partial charge in [0, 0.05) is 0 Å². The summed E-state index contributed by atoms with van der Waals surface area (Å²) >= 11 is -2.57. The van der Waals surface area contributed by atoms with Crippen LogP contribution in [0.15, 0.2) is 12.1 Å². The van der Waals surface area contributed by atoms with Crippen LogP contribution in [0.4, 0.5) is 0 Å². The molecule has 0 aliphatic rings. The van der Waals surface area contributed by atoms with Crippen LogP contribution in [0, 0.1) is 0 Å². The molecule has 1 heterocycles. The standard InChI is InChI=1S/C4H2Se.6CH3.2Sn/c1-2-4-5-3-1;;;;;;;;/h1-2H;6*1H3;;. The van der Waals surface area contributed by atoms with E-state index in [1.165, 1.54) is 0 Å². The summed E-state index contributed by atoms with van der Waals surface area (Å²) in [7, 11) is 0. The van der Waals surface area contributed by atoms with Crippen LogP contribution in [0.25, 0.3) is 0 Å². The monoisotopic (exact) mass is 460 g/mol. The minimum absolute atomic E-state index is 0.780. The normalized spacial score (nSPS) is 13.4. The summed E-state index contributed by atoms with van der Waals surface area (Å²) in [5, 5.41) is 0. The predicted molar refractivity (Wildman–Crippen MR) is 69.3 cm³/mol. The van der Waals surface area contributed by atoms with Crippen molar-refractivity contribution < 1.29 is 0 Å². The molecule has 0 spiro atoms. The van der Waals surface area contributed by atoms with Crippen LogP contribution < -0.4 is 4.91 Å². The molecular formula is C10H20SeSn2. The molecule has 0 amide bonds. The number of rotatable bonds is 2. The predicted octanol–water partition coefficient (Wildman–Crippen LogP) is 1.83. The van der Waals surface area contributed by atoms with E-state index in [1.807, 2.05) is 4.91 Å². The first-order valence-electron chi connectivity index (χ1n) is 4.82. The van der Waals surface area contributed by atoms with Crippen molar-refractivity contribution >= 4 is 56.2 Å². The van der Waals surface area contributed by atoms with Crippen LogP contribution >= 0.6 is 0 Å². The maximum absolute atomic E-state index is 2.54. The van der Waals surface area contributed by atoms with Gasteiger partial charge in [-0.15, -0.1) is 0 Å². The van der Waals surface area contributed by atoms with E-state index in [4.69, 9.17) is 0 Å². The third-order valence-electron chi connectivity index (χ3n) is 2.08. The maximum atomic E-state index is 2.54. The summed E-state index contributed by atoms with van der Waals surface area (Å²) in [5.41, 5.74) is 0. The fourth-order valence-electron chi connectivity index (χ4n) is 1.14. The molecule has 74 valence electrons. The van der Waals surface area contributed by atoms with Crippen LogP contribution in [0.3, 0.4) is 0 Å². The molecule has 0 saturated heterocycles. The first-order chi connectivity index (χ1) is 5.71. The molecule has 1 aromatic heterocycles. The summed E-state index contributed by atoms with van der Waals surface area (Å²) in [6.45, 7) is 0. The molecule has 0 fully saturated rings. The van der Waals surface area contributed by atoms with Crippen LogP contribution in [0.1, 0.15) is 0 Å². The van der Waals surface area contributed by atoms with E-state index in [9.17, 15) is 0 Å². The summed E-state index contributed by atoms with van der Waals surface area (Å²) in [5.74, 6) is 0. The third-order valence-corrected chi connectivity index (χ3v) is 33.2. The fourth-order valence-corrected chi connectivity index (χ4v) is 23.5. The Labute approximate surface area is 96.6 Å². The van der Waals surface area contributed by atoms with Crippen molar-refractivity contribution in [2.75, 3.05) is 0 Å². The van der Waals surface area contributed by atoms with Crippen molar-refractivity contribution in [3.8, 4) is 0 Å². The Hall–Kier alpha value is 1.60. The molecule has 0 N–H and O–H groups in total. The average Bonchev–Trinajstić information content (AvgIpc) is 2.28. The summed E-state index contributed by atoms with van der Waals surface area (Å²) in [4.78, 5) is 15.2. The first-order valence-corrected chi connectivity index (χ1v) is 26.5. The van der Waals surface area contributed by atoms with Crippen molar-refractivity contribution in [3.05, 3.63) is 12.1 Å². The van der Waals surface area contributed by atoms with Crippen molar-refractivity contribution in [1.29, 1.82) is 0 Å². The van der Waals surface area contributed by atoms with Crippen LogP contribution in [-0.2, 0) is 0 Å². The zero-order valence-corrected chi connectivity index (χ0v) is 17.0. The molecule has 0 bridgehead atoms. The molecule has 0 aromatic carbocycles. The van der Waals surface area contributed by atoms with Gasteiger partial charge in [0.25, 0.3) is 0 Å². The van der Waals surface area contributed by atoms with Gasteiger partial charge in [-0.05, 0) is 0 Å². The molecule has 0 aliphatic heterocycles. The Kier molecular flexibility index (Phi) is 4.12. The topological polar surface area (TPSA) is 0 Å². The second-order valence-electron chi connectivity index (χ2n) is 5.66. The molecular weight excluding hydrogens is 436 g/mol. The zero-order valence-electron chi connectivity index (χ0n) is 9.56. The number of hydrogen-bond donors (Lipinski definition) is 0. The second-order valence-corrected chi connectivity index (χ2v) is 41.3. The van der Waals surface area contributed by atoms with Gasteiger partial charge < -0.3 is 0 Å². The van der Waals surface area contributed by atoms with E-state index in [0.29, 0.717) is 0 Å². The SMILES string of the molecule is [CH3][Sn]([CH3])([CH3])[c]1cc[c]([Sn]([CH3])([CH3])[CH3])[se]1. The van der Waals surface area contributed by atoms with Gasteiger partial charge in [0.15, 0.2) is 0 Å². The van der Waals surface area contributed by atoms with E-state index in [2.05, 4.69) is 41.8 Å². The third kappa shape index (κ3) is 3.58. The summed E-state index contributed by atoms with van der Waals surface area (Å²) in [6, 6.07) is 4.96. The fraction of sp³-hybridized carbons (Fsp3) is 0.600. The Morgan fingerprint density at radius 1 is 0.769 bits per heavy atom. The Morgan fingerprint density at radius 3 is 1.23 bits per heavy atom. The van der Waals surface area contributed by atoms with Gasteiger partial charge in [-0.25, -0.2) is 0 Å². The van der Waals surface area contributed by atoms with E-state index in [0.717, 1.165) is 14.5 Å². The molecule has 0 unspecified atom stereocenters. The van der Waals surface area contributed by atoms with Gasteiger partial charge in [0.2, 0.25) is 0 Å². The quantitative estimate of drug-likeness (QED) is 0.596. The molecule has 3 heteroatoms. The van der Waals surface area contributed by atoms with Gasteiger partial charge in [-0.2, -0.15) is 0 Å². The van der Waals surface area contributed by atoms with Crippen molar-refractivity contribution in [1.82, 2.24) is 0 Å². The molecule has 1 rings (SSSR count). The van der Waals surface area contributed by atoms with Gasteiger partial charge in [0.1, 0.15) is 0 Å². The minimum atomic E-state index is -1.68. The Balaban J connectivity index is 3.01. The second kappa shape index (κ2) is 4.23. The molecule has 0 aliphatic carbocycles. The summed E-state index contributed by atoms with van der Waals surface area (Å²) in [6.07, 6.45) is 0. The van der Waals surface area contributed by atoms with Crippen LogP contribution in [0.2, 0.25) is 29.6 Å². The molecule has 0 saturated carbocycles. The first kappa shape index (κ1) is 12.7. The Morgan fingerprint density at radius 2 is 1.08 bits per heavy atom. The molecule has 0 atom stereocenters. The molecule has 13 heavy (non-hydrogen) atoms. The van der Waals surface area contributed by atoms with Crippen molar-refractivity contribution in [2.24, 2.45) is 0 Å². The van der Waals surface area contributed by atoms with Gasteiger partial charge in [0.05, 0.1) is 0 Å². The Bertz CT molecular complexity index is 260. The average molecular weight is 457 g/mol. The van der Waals surface area contributed by atoms with E-state index >= 15 is 0 Å². The van der Waals surface area contributed by atoms with Gasteiger partial charge >= 0.3 is 97.9 Å². The van der Waals surface area contributed by atoms with Gasteiger partial charge in [-0.3, -0.25) is 0 Å². The molecule has 0 nitrogen and oxygen atoms in total. The zero-order chi connectivity index (χ0) is 10.3. The van der Waals surface area contributed by atoms with Crippen LogP contribution in [-0.4, -0.2) is 51.3 Å². The van der Waals surface area contributed by atoms with E-state index in [1.54, 1.807) is 0 Å². The van der Waals surface area contributed by atoms with Crippen molar-refractivity contribution in [2.45, 2.75) is 29.6 Å². The van der Waals surface area contributed by atoms with Gasteiger partial charge in [-0.1, -0.05) is 0 Å². The number of hydrogen-bond acceptors (Lipinski definition) is 0. The molecule has 1 aromatic rings. The molecule has 0 radical (unpaired) electrons. The summed E-state index contributed by atoms with van der Waals surface area (Å²) < 4.78 is 3.78. The van der Waals surface area contributed by atoms with Crippen molar-refractivity contribution in [3.63, 3.8) is 0 Å². The van der Waals surface area contributed by atoms with E-state index in [-0.39, 0.29) is 0 Å².